The van der Waals surface area contributed by atoms with Crippen molar-refractivity contribution in [2.75, 3.05) is 6.54 Å². The Morgan fingerprint density at radius 1 is 1.37 bits per heavy atom. The molecule has 4 nitrogen and oxygen atoms in total. The zero-order valence-electron chi connectivity index (χ0n) is 11.3. The van der Waals surface area contributed by atoms with E-state index in [2.05, 4.69) is 26.8 Å². The third-order valence-corrected chi connectivity index (χ3v) is 3.36. The van der Waals surface area contributed by atoms with Crippen molar-refractivity contribution in [1.82, 2.24) is 19.9 Å². The molecule has 0 saturated carbocycles. The summed E-state index contributed by atoms with van der Waals surface area (Å²) >= 11 is 5.88. The van der Waals surface area contributed by atoms with Gasteiger partial charge in [0, 0.05) is 38.1 Å². The van der Waals surface area contributed by atoms with Gasteiger partial charge in [0.25, 0.3) is 0 Å². The van der Waals surface area contributed by atoms with Crippen LogP contribution in [0, 0.1) is 0 Å². The number of nitrogens with one attached hydrogen (secondary N) is 1. The maximum absolute atomic E-state index is 5.88. The molecule has 0 saturated heterocycles. The fraction of sp³-hybridized carbons (Fsp3) is 0.429. The summed E-state index contributed by atoms with van der Waals surface area (Å²) in [5, 5.41) is 4.13. The Kier molecular flexibility index (Phi) is 4.93. The first kappa shape index (κ1) is 14.0. The number of imidazole rings is 1. The average Bonchev–Trinajstić information content (AvgIpc) is 2.81. The highest BCUT2D eigenvalue weighted by Crippen LogP contribution is 2.18. The number of aryl methyl sites for hydroxylation is 2. The van der Waals surface area contributed by atoms with Gasteiger partial charge in [0.1, 0.15) is 5.82 Å². The van der Waals surface area contributed by atoms with Gasteiger partial charge in [0.15, 0.2) is 0 Å². The summed E-state index contributed by atoms with van der Waals surface area (Å²) < 4.78 is 2.05. The highest BCUT2D eigenvalue weighted by atomic mass is 35.5. The molecule has 1 N–H and O–H groups in total. The maximum atomic E-state index is 5.88. The number of hydrogen-bond acceptors (Lipinski definition) is 3. The quantitative estimate of drug-likeness (QED) is 0.883. The van der Waals surface area contributed by atoms with Gasteiger partial charge in [-0.05, 0) is 25.1 Å². The lowest BCUT2D eigenvalue weighted by Crippen LogP contribution is -2.22. The number of halogens is 1. The number of hydrogen-bond donors (Lipinski definition) is 1. The minimum Gasteiger partial charge on any atom is -0.338 e. The fourth-order valence-electron chi connectivity index (χ4n) is 2.11. The van der Waals surface area contributed by atoms with E-state index in [1.165, 1.54) is 0 Å². The van der Waals surface area contributed by atoms with E-state index in [1.54, 1.807) is 6.20 Å². The normalized spacial score (nSPS) is 12.6. The van der Waals surface area contributed by atoms with Crippen LogP contribution < -0.4 is 5.32 Å². The summed E-state index contributed by atoms with van der Waals surface area (Å²) in [6.07, 6.45) is 7.39. The second kappa shape index (κ2) is 6.68. The standard InChI is InChI=1S/C14H19ClN4/c1-3-16-12(13-5-4-11(15)10-18-13)6-7-14-17-8-9-19(14)2/h4-5,8-10,12,16H,3,6-7H2,1-2H3. The molecule has 2 aromatic heterocycles. The summed E-state index contributed by atoms with van der Waals surface area (Å²) in [5.74, 6) is 1.09. The Hall–Kier alpha value is -1.39. The Bertz CT molecular complexity index is 506. The van der Waals surface area contributed by atoms with Crippen molar-refractivity contribution in [3.8, 4) is 0 Å². The van der Waals surface area contributed by atoms with Crippen LogP contribution in [0.15, 0.2) is 30.7 Å². The molecule has 2 rings (SSSR count). The number of aromatic nitrogens is 3. The van der Waals surface area contributed by atoms with Gasteiger partial charge in [-0.25, -0.2) is 4.98 Å². The average molecular weight is 279 g/mol. The van der Waals surface area contributed by atoms with Crippen molar-refractivity contribution in [1.29, 1.82) is 0 Å². The summed E-state index contributed by atoms with van der Waals surface area (Å²) in [5.41, 5.74) is 1.03. The third kappa shape index (κ3) is 3.78. The van der Waals surface area contributed by atoms with Gasteiger partial charge in [-0.1, -0.05) is 18.5 Å². The van der Waals surface area contributed by atoms with Crippen molar-refractivity contribution >= 4 is 11.6 Å². The topological polar surface area (TPSA) is 42.7 Å². The van der Waals surface area contributed by atoms with Gasteiger partial charge in [-0.15, -0.1) is 0 Å². The van der Waals surface area contributed by atoms with Crippen LogP contribution in [0.25, 0.3) is 0 Å². The van der Waals surface area contributed by atoms with Crippen LogP contribution in [0.3, 0.4) is 0 Å². The lowest BCUT2D eigenvalue weighted by atomic mass is 10.1. The Morgan fingerprint density at radius 3 is 2.79 bits per heavy atom. The van der Waals surface area contributed by atoms with Crippen LogP contribution in [-0.4, -0.2) is 21.1 Å². The molecule has 0 radical (unpaired) electrons. The van der Waals surface area contributed by atoms with Gasteiger partial charge in [-0.2, -0.15) is 0 Å². The Balaban J connectivity index is 2.04. The number of rotatable bonds is 6. The SMILES string of the molecule is CCNC(CCc1nccn1C)c1ccc(Cl)cn1. The summed E-state index contributed by atoms with van der Waals surface area (Å²) in [7, 11) is 2.02. The Labute approximate surface area is 118 Å². The molecule has 0 fully saturated rings. The highest BCUT2D eigenvalue weighted by Gasteiger charge is 2.13. The van der Waals surface area contributed by atoms with Crippen LogP contribution >= 0.6 is 11.6 Å². The molecule has 0 bridgehead atoms. The van der Waals surface area contributed by atoms with Crippen LogP contribution in [0.5, 0.6) is 0 Å². The predicted molar refractivity (Wildman–Crippen MR) is 77.2 cm³/mol. The van der Waals surface area contributed by atoms with Crippen molar-refractivity contribution in [2.24, 2.45) is 7.05 Å². The number of pyridine rings is 1. The minimum atomic E-state index is 0.235. The molecule has 0 amide bonds. The van der Waals surface area contributed by atoms with E-state index in [0.717, 1.165) is 30.9 Å². The zero-order valence-corrected chi connectivity index (χ0v) is 12.1. The third-order valence-electron chi connectivity index (χ3n) is 3.14. The zero-order chi connectivity index (χ0) is 13.7. The van der Waals surface area contributed by atoms with E-state index in [1.807, 2.05) is 31.6 Å². The molecule has 2 heterocycles. The maximum Gasteiger partial charge on any atom is 0.108 e. The van der Waals surface area contributed by atoms with Crippen molar-refractivity contribution in [2.45, 2.75) is 25.8 Å². The molecule has 102 valence electrons. The lowest BCUT2D eigenvalue weighted by Gasteiger charge is -2.17. The van der Waals surface area contributed by atoms with Gasteiger partial charge < -0.3 is 9.88 Å². The summed E-state index contributed by atoms with van der Waals surface area (Å²) in [6.45, 7) is 3.01. The summed E-state index contributed by atoms with van der Waals surface area (Å²) in [6, 6.07) is 4.10. The molecular formula is C14H19ClN4. The second-order valence-electron chi connectivity index (χ2n) is 4.50. The first-order valence-corrected chi connectivity index (χ1v) is 6.89. The molecule has 0 aliphatic rings. The molecule has 1 atom stereocenters. The highest BCUT2D eigenvalue weighted by molar-refractivity contribution is 6.30. The van der Waals surface area contributed by atoms with E-state index in [9.17, 15) is 0 Å². The molecule has 0 aromatic carbocycles. The molecular weight excluding hydrogens is 260 g/mol. The lowest BCUT2D eigenvalue weighted by molar-refractivity contribution is 0.495. The molecule has 0 spiro atoms. The molecule has 2 aromatic rings. The van der Waals surface area contributed by atoms with E-state index < -0.39 is 0 Å². The second-order valence-corrected chi connectivity index (χ2v) is 4.94. The van der Waals surface area contributed by atoms with E-state index in [-0.39, 0.29) is 6.04 Å². The van der Waals surface area contributed by atoms with Gasteiger partial charge in [0.05, 0.1) is 10.7 Å². The van der Waals surface area contributed by atoms with E-state index in [0.29, 0.717) is 5.02 Å². The van der Waals surface area contributed by atoms with Gasteiger partial charge >= 0.3 is 0 Å². The Morgan fingerprint density at radius 2 is 2.21 bits per heavy atom. The predicted octanol–water partition coefficient (Wildman–Crippen LogP) is 2.75. The van der Waals surface area contributed by atoms with Crippen LogP contribution in [0.2, 0.25) is 5.02 Å². The molecule has 1 unspecified atom stereocenters. The van der Waals surface area contributed by atoms with E-state index >= 15 is 0 Å². The van der Waals surface area contributed by atoms with E-state index in [4.69, 9.17) is 11.6 Å². The molecule has 0 aliphatic heterocycles. The van der Waals surface area contributed by atoms with Gasteiger partial charge in [-0.3, -0.25) is 4.98 Å². The molecule has 19 heavy (non-hydrogen) atoms. The van der Waals surface area contributed by atoms with Crippen molar-refractivity contribution in [3.05, 3.63) is 47.3 Å². The minimum absolute atomic E-state index is 0.235. The fourth-order valence-corrected chi connectivity index (χ4v) is 2.22. The van der Waals surface area contributed by atoms with Crippen LogP contribution in [0.4, 0.5) is 0 Å². The smallest absolute Gasteiger partial charge is 0.108 e. The van der Waals surface area contributed by atoms with Crippen molar-refractivity contribution in [3.63, 3.8) is 0 Å². The first-order chi connectivity index (χ1) is 9.20. The monoisotopic (exact) mass is 278 g/mol. The first-order valence-electron chi connectivity index (χ1n) is 6.51. The van der Waals surface area contributed by atoms with Gasteiger partial charge in [0.2, 0.25) is 0 Å². The number of nitrogens with zero attached hydrogens (tertiary/aromatic N) is 3. The van der Waals surface area contributed by atoms with Crippen LogP contribution in [0.1, 0.15) is 30.9 Å². The van der Waals surface area contributed by atoms with Crippen LogP contribution in [-0.2, 0) is 13.5 Å². The summed E-state index contributed by atoms with van der Waals surface area (Å²) in [4.78, 5) is 8.75. The molecule has 0 aliphatic carbocycles. The largest absolute Gasteiger partial charge is 0.338 e. The van der Waals surface area contributed by atoms with Crippen molar-refractivity contribution < 1.29 is 0 Å². The molecule has 5 heteroatoms.